The average Bonchev–Trinajstić information content (AvgIpc) is 3.52. The summed E-state index contributed by atoms with van der Waals surface area (Å²) in [5, 5.41) is 4.46. The van der Waals surface area contributed by atoms with Crippen LogP contribution >= 0.6 is 23.8 Å². The molecule has 0 radical (unpaired) electrons. The van der Waals surface area contributed by atoms with Crippen molar-refractivity contribution in [3.63, 3.8) is 0 Å². The topological polar surface area (TPSA) is 68.6 Å². The summed E-state index contributed by atoms with van der Waals surface area (Å²) in [6.45, 7) is 0. The first kappa shape index (κ1) is 23.8. The zero-order valence-electron chi connectivity index (χ0n) is 19.6. The molecular weight excluding hydrogens is 496 g/mol. The average molecular weight is 519 g/mol. The van der Waals surface area contributed by atoms with Crippen LogP contribution in [0.2, 0.25) is 5.02 Å². The number of carbonyl (C=O) groups is 1. The quantitative estimate of drug-likeness (QED) is 0.267. The number of halogens is 1. The highest BCUT2D eigenvalue weighted by Crippen LogP contribution is 2.43. The van der Waals surface area contributed by atoms with Gasteiger partial charge in [-0.05, 0) is 66.8 Å². The Morgan fingerprint density at radius 2 is 1.86 bits per heavy atom. The Morgan fingerprint density at radius 3 is 2.58 bits per heavy atom. The van der Waals surface area contributed by atoms with E-state index in [0.29, 0.717) is 27.1 Å². The van der Waals surface area contributed by atoms with Gasteiger partial charge in [-0.1, -0.05) is 29.8 Å². The van der Waals surface area contributed by atoms with Crippen molar-refractivity contribution in [3.05, 3.63) is 107 Å². The number of nitrogens with zero attached hydrogens (tertiary/aromatic N) is 3. The van der Waals surface area contributed by atoms with Crippen LogP contribution in [0.5, 0.6) is 5.75 Å². The molecule has 0 amide bonds. The van der Waals surface area contributed by atoms with E-state index in [0.717, 1.165) is 17.1 Å². The Labute approximate surface area is 219 Å². The third-order valence-electron chi connectivity index (χ3n) is 6.16. The van der Waals surface area contributed by atoms with Crippen LogP contribution in [0.15, 0.2) is 85.2 Å². The van der Waals surface area contributed by atoms with Crippen molar-refractivity contribution >= 4 is 40.6 Å². The van der Waals surface area contributed by atoms with Crippen molar-refractivity contribution in [3.8, 4) is 11.4 Å². The van der Waals surface area contributed by atoms with Crippen LogP contribution in [0.25, 0.3) is 5.69 Å². The first-order chi connectivity index (χ1) is 17.5. The summed E-state index contributed by atoms with van der Waals surface area (Å²) in [5.74, 6) is 0.164. The fraction of sp³-hybridized carbons (Fsp3) is 0.148. The SMILES string of the molecule is COC(=O)c1ccccc1-n1cccc1[C@H]1[C@H](c2ccccn2)NC(=S)N1c1ccc(OC)c(Cl)c1. The lowest BCUT2D eigenvalue weighted by Crippen LogP contribution is -2.30. The maximum absolute atomic E-state index is 12.6. The number of para-hydroxylation sites is 1. The van der Waals surface area contributed by atoms with Crippen LogP contribution in [0, 0.1) is 0 Å². The van der Waals surface area contributed by atoms with E-state index >= 15 is 0 Å². The van der Waals surface area contributed by atoms with Crippen LogP contribution in [-0.2, 0) is 4.74 Å². The highest BCUT2D eigenvalue weighted by Gasteiger charge is 2.42. The molecule has 5 rings (SSSR count). The molecule has 9 heteroatoms. The number of anilines is 1. The summed E-state index contributed by atoms with van der Waals surface area (Å²) >= 11 is 12.3. The first-order valence-corrected chi connectivity index (χ1v) is 12.0. The molecule has 1 fully saturated rings. The van der Waals surface area contributed by atoms with E-state index in [1.807, 2.05) is 82.4 Å². The summed E-state index contributed by atoms with van der Waals surface area (Å²) in [7, 11) is 2.95. The Bertz CT molecular complexity index is 1430. The number of aromatic nitrogens is 2. The number of hydrogen-bond donors (Lipinski definition) is 1. The second-order valence-corrected chi connectivity index (χ2v) is 8.92. The number of hydrogen-bond acceptors (Lipinski definition) is 5. The maximum Gasteiger partial charge on any atom is 0.339 e. The minimum absolute atomic E-state index is 0.265. The van der Waals surface area contributed by atoms with Gasteiger partial charge in [-0.15, -0.1) is 0 Å². The Kier molecular flexibility index (Phi) is 6.63. The lowest BCUT2D eigenvalue weighted by atomic mass is 10.0. The van der Waals surface area contributed by atoms with Gasteiger partial charge in [0.2, 0.25) is 0 Å². The number of thiocarbonyl (C=S) groups is 1. The minimum Gasteiger partial charge on any atom is -0.495 e. The first-order valence-electron chi connectivity index (χ1n) is 11.2. The molecule has 0 saturated carbocycles. The number of rotatable bonds is 6. The summed E-state index contributed by atoms with van der Waals surface area (Å²) in [4.78, 5) is 19.2. The van der Waals surface area contributed by atoms with E-state index in [-0.39, 0.29) is 12.1 Å². The Morgan fingerprint density at radius 1 is 1.06 bits per heavy atom. The largest absolute Gasteiger partial charge is 0.495 e. The Hall–Kier alpha value is -3.88. The molecule has 0 aliphatic carbocycles. The standard InChI is InChI=1S/C27H23ClN4O3S/c1-34-23-13-12-17(16-19(23)28)32-25(24(30-27(32)36)20-9-5-6-14-29-20)22-11-7-15-31(22)21-10-4-3-8-18(21)26(33)35-2/h3-16,24-25H,1-2H3,(H,30,36)/t24-,25-/m0/s1. The lowest BCUT2D eigenvalue weighted by Gasteiger charge is -2.29. The van der Waals surface area contributed by atoms with Crippen molar-refractivity contribution in [1.29, 1.82) is 0 Å². The molecule has 4 aromatic rings. The van der Waals surface area contributed by atoms with Gasteiger partial charge in [0.25, 0.3) is 0 Å². The highest BCUT2D eigenvalue weighted by atomic mass is 35.5. The van der Waals surface area contributed by atoms with Gasteiger partial charge in [0, 0.05) is 23.8 Å². The van der Waals surface area contributed by atoms with E-state index in [1.165, 1.54) is 7.11 Å². The second-order valence-electron chi connectivity index (χ2n) is 8.13. The monoisotopic (exact) mass is 518 g/mol. The number of nitrogens with one attached hydrogen (secondary N) is 1. The molecular formula is C27H23ClN4O3S. The molecule has 182 valence electrons. The van der Waals surface area contributed by atoms with Gasteiger partial charge in [-0.2, -0.15) is 0 Å². The zero-order valence-corrected chi connectivity index (χ0v) is 21.2. The molecule has 2 aromatic carbocycles. The fourth-order valence-corrected chi connectivity index (χ4v) is 5.16. The number of carbonyl (C=O) groups excluding carboxylic acids is 1. The maximum atomic E-state index is 12.6. The van der Waals surface area contributed by atoms with Crippen LogP contribution in [-0.4, -0.2) is 34.9 Å². The zero-order chi connectivity index (χ0) is 25.2. The summed E-state index contributed by atoms with van der Waals surface area (Å²) in [6.07, 6.45) is 3.68. The summed E-state index contributed by atoms with van der Waals surface area (Å²) < 4.78 is 12.4. The van der Waals surface area contributed by atoms with Crippen LogP contribution in [0.3, 0.4) is 0 Å². The number of esters is 1. The van der Waals surface area contributed by atoms with E-state index < -0.39 is 5.97 Å². The van der Waals surface area contributed by atoms with Gasteiger partial charge >= 0.3 is 5.97 Å². The van der Waals surface area contributed by atoms with Crippen molar-refractivity contribution in [2.45, 2.75) is 12.1 Å². The van der Waals surface area contributed by atoms with Crippen molar-refractivity contribution < 1.29 is 14.3 Å². The number of pyridine rings is 1. The molecule has 1 aliphatic rings. The smallest absolute Gasteiger partial charge is 0.339 e. The van der Waals surface area contributed by atoms with Crippen LogP contribution < -0.4 is 15.0 Å². The molecule has 2 atom stereocenters. The van der Waals surface area contributed by atoms with Crippen molar-refractivity contribution in [2.24, 2.45) is 0 Å². The van der Waals surface area contributed by atoms with Crippen LogP contribution in [0.4, 0.5) is 5.69 Å². The summed E-state index contributed by atoms with van der Waals surface area (Å²) in [6, 6.07) is 22.1. The minimum atomic E-state index is -0.412. The lowest BCUT2D eigenvalue weighted by molar-refractivity contribution is 0.0600. The molecule has 1 aliphatic heterocycles. The van der Waals surface area contributed by atoms with Gasteiger partial charge in [-0.3, -0.25) is 4.98 Å². The molecule has 1 saturated heterocycles. The third kappa shape index (κ3) is 4.19. The normalized spacial score (nSPS) is 17.1. The van der Waals surface area contributed by atoms with Gasteiger partial charge in [0.15, 0.2) is 5.11 Å². The third-order valence-corrected chi connectivity index (χ3v) is 6.77. The molecule has 0 unspecified atom stereocenters. The van der Waals surface area contributed by atoms with Crippen LogP contribution in [0.1, 0.15) is 33.8 Å². The van der Waals surface area contributed by atoms with Gasteiger partial charge in [0.05, 0.1) is 42.2 Å². The van der Waals surface area contributed by atoms with E-state index in [4.69, 9.17) is 33.3 Å². The van der Waals surface area contributed by atoms with E-state index in [1.54, 1.807) is 19.4 Å². The van der Waals surface area contributed by atoms with Gasteiger partial charge < -0.3 is 24.3 Å². The van der Waals surface area contributed by atoms with Gasteiger partial charge in [-0.25, -0.2) is 4.79 Å². The second kappa shape index (κ2) is 10.0. The molecule has 2 aromatic heterocycles. The molecule has 7 nitrogen and oxygen atoms in total. The predicted octanol–water partition coefficient (Wildman–Crippen LogP) is 5.50. The predicted molar refractivity (Wildman–Crippen MR) is 143 cm³/mol. The molecule has 0 bridgehead atoms. The van der Waals surface area contributed by atoms with E-state index in [9.17, 15) is 4.79 Å². The fourth-order valence-electron chi connectivity index (χ4n) is 4.56. The number of benzene rings is 2. The van der Waals surface area contributed by atoms with Crippen molar-refractivity contribution in [2.75, 3.05) is 19.1 Å². The summed E-state index contributed by atoms with van der Waals surface area (Å²) in [5.41, 5.74) is 3.70. The Balaban J connectivity index is 1.69. The molecule has 1 N–H and O–H groups in total. The molecule has 0 spiro atoms. The molecule has 3 heterocycles. The number of ether oxygens (including phenoxy) is 2. The van der Waals surface area contributed by atoms with Crippen molar-refractivity contribution in [1.82, 2.24) is 14.9 Å². The van der Waals surface area contributed by atoms with Gasteiger partial charge in [0.1, 0.15) is 11.8 Å². The highest BCUT2D eigenvalue weighted by molar-refractivity contribution is 7.80. The number of methoxy groups -OCH3 is 2. The van der Waals surface area contributed by atoms with E-state index in [2.05, 4.69) is 10.3 Å². The molecule has 36 heavy (non-hydrogen) atoms.